The van der Waals surface area contributed by atoms with Crippen LogP contribution in [0.1, 0.15) is 58.3 Å². The van der Waals surface area contributed by atoms with E-state index in [1.54, 1.807) is 0 Å². The molecule has 0 aromatic heterocycles. The first-order valence-electron chi connectivity index (χ1n) is 7.78. The van der Waals surface area contributed by atoms with E-state index in [4.69, 9.17) is 10.8 Å². The maximum atomic E-state index is 12.0. The van der Waals surface area contributed by atoms with Gasteiger partial charge in [0.05, 0.1) is 0 Å². The Bertz CT molecular complexity index is 320. The number of carbonyl (C=O) groups is 2. The summed E-state index contributed by atoms with van der Waals surface area (Å²) in [5, 5.41) is 11.7. The molecule has 0 bridgehead atoms. The van der Waals surface area contributed by atoms with Crippen LogP contribution < -0.4 is 11.1 Å². The third kappa shape index (κ3) is 6.37. The predicted octanol–water partition coefficient (Wildman–Crippen LogP) is 1.90. The maximum absolute atomic E-state index is 12.0. The number of amides is 1. The molecule has 0 radical (unpaired) electrons. The van der Waals surface area contributed by atoms with Crippen molar-refractivity contribution in [3.05, 3.63) is 0 Å². The van der Waals surface area contributed by atoms with Crippen molar-refractivity contribution in [2.75, 3.05) is 6.54 Å². The first kappa shape index (κ1) is 17.0. The molecule has 5 nitrogen and oxygen atoms in total. The van der Waals surface area contributed by atoms with Gasteiger partial charge in [0, 0.05) is 24.9 Å². The molecule has 0 aliphatic heterocycles. The number of nitrogens with two attached hydrogens (primary N) is 1. The zero-order valence-electron chi connectivity index (χ0n) is 12.4. The fourth-order valence-corrected chi connectivity index (χ4v) is 2.89. The summed E-state index contributed by atoms with van der Waals surface area (Å²) in [6.07, 6.45) is 6.51. The van der Waals surface area contributed by atoms with Crippen LogP contribution in [0.4, 0.5) is 0 Å². The number of aliphatic carboxylic acids is 1. The molecule has 0 aromatic rings. The van der Waals surface area contributed by atoms with Gasteiger partial charge < -0.3 is 16.2 Å². The van der Waals surface area contributed by atoms with E-state index in [0.717, 1.165) is 38.5 Å². The van der Waals surface area contributed by atoms with Crippen LogP contribution in [0.15, 0.2) is 0 Å². The van der Waals surface area contributed by atoms with E-state index in [1.807, 2.05) is 0 Å². The van der Waals surface area contributed by atoms with Gasteiger partial charge in [0.15, 0.2) is 0 Å². The van der Waals surface area contributed by atoms with Gasteiger partial charge in [-0.25, -0.2) is 0 Å². The largest absolute Gasteiger partial charge is 0.481 e. The van der Waals surface area contributed by atoms with Crippen LogP contribution in [0, 0.1) is 11.8 Å². The number of hydrogen-bond donors (Lipinski definition) is 3. The first-order chi connectivity index (χ1) is 9.52. The van der Waals surface area contributed by atoms with Gasteiger partial charge in [-0.1, -0.05) is 19.8 Å². The molecule has 1 fully saturated rings. The molecule has 20 heavy (non-hydrogen) atoms. The highest BCUT2D eigenvalue weighted by atomic mass is 16.4. The zero-order chi connectivity index (χ0) is 15.0. The fraction of sp³-hybridized carbons (Fsp3) is 0.867. The summed E-state index contributed by atoms with van der Waals surface area (Å²) < 4.78 is 0. The molecule has 3 unspecified atom stereocenters. The zero-order valence-corrected chi connectivity index (χ0v) is 12.4. The Balaban J connectivity index is 2.21. The third-order valence-corrected chi connectivity index (χ3v) is 4.28. The number of nitrogens with one attached hydrogen (secondary N) is 1. The monoisotopic (exact) mass is 284 g/mol. The van der Waals surface area contributed by atoms with E-state index in [0.29, 0.717) is 18.9 Å². The van der Waals surface area contributed by atoms with Gasteiger partial charge in [0.25, 0.3) is 0 Å². The molecule has 1 amide bonds. The van der Waals surface area contributed by atoms with E-state index < -0.39 is 5.97 Å². The van der Waals surface area contributed by atoms with Crippen LogP contribution in [-0.2, 0) is 9.59 Å². The Morgan fingerprint density at radius 3 is 2.70 bits per heavy atom. The molecule has 1 aliphatic carbocycles. The molecule has 0 heterocycles. The molecule has 1 rings (SSSR count). The molecule has 4 N–H and O–H groups in total. The minimum atomic E-state index is -0.747. The molecule has 5 heteroatoms. The smallest absolute Gasteiger partial charge is 0.303 e. The highest BCUT2D eigenvalue weighted by Crippen LogP contribution is 2.23. The highest BCUT2D eigenvalue weighted by molar-refractivity contribution is 5.78. The highest BCUT2D eigenvalue weighted by Gasteiger charge is 2.25. The minimum Gasteiger partial charge on any atom is -0.481 e. The lowest BCUT2D eigenvalue weighted by atomic mass is 9.85. The number of carboxylic acids is 1. The number of carboxylic acid groups (broad SMARTS) is 1. The minimum absolute atomic E-state index is 0.0675. The summed E-state index contributed by atoms with van der Waals surface area (Å²) in [5.41, 5.74) is 5.89. The second-order valence-electron chi connectivity index (χ2n) is 5.91. The predicted molar refractivity (Wildman–Crippen MR) is 78.2 cm³/mol. The Kier molecular flexibility index (Phi) is 7.59. The average Bonchev–Trinajstić information content (AvgIpc) is 2.42. The molecule has 3 atom stereocenters. The topological polar surface area (TPSA) is 92.4 Å². The van der Waals surface area contributed by atoms with Crippen molar-refractivity contribution in [2.24, 2.45) is 17.6 Å². The Labute approximate surface area is 121 Å². The molecular weight excluding hydrogens is 256 g/mol. The summed E-state index contributed by atoms with van der Waals surface area (Å²) >= 11 is 0. The summed E-state index contributed by atoms with van der Waals surface area (Å²) in [7, 11) is 0. The van der Waals surface area contributed by atoms with Gasteiger partial charge in [-0.15, -0.1) is 0 Å². The van der Waals surface area contributed by atoms with Crippen LogP contribution in [-0.4, -0.2) is 29.6 Å². The lowest BCUT2D eigenvalue weighted by Crippen LogP contribution is -2.38. The fourth-order valence-electron chi connectivity index (χ4n) is 2.89. The Morgan fingerprint density at radius 1 is 1.35 bits per heavy atom. The van der Waals surface area contributed by atoms with E-state index in [1.165, 1.54) is 0 Å². The van der Waals surface area contributed by atoms with Crippen molar-refractivity contribution < 1.29 is 14.7 Å². The van der Waals surface area contributed by atoms with Crippen LogP contribution in [0.2, 0.25) is 0 Å². The van der Waals surface area contributed by atoms with E-state index in [2.05, 4.69) is 12.2 Å². The molecule has 0 aromatic carbocycles. The summed E-state index contributed by atoms with van der Waals surface area (Å²) in [6, 6.07) is 0.165. The lowest BCUT2D eigenvalue weighted by Gasteiger charge is -2.26. The van der Waals surface area contributed by atoms with Gasteiger partial charge in [-0.2, -0.15) is 0 Å². The van der Waals surface area contributed by atoms with Crippen molar-refractivity contribution in [2.45, 2.75) is 64.3 Å². The first-order valence-corrected chi connectivity index (χ1v) is 7.78. The molecular formula is C15H28N2O3. The van der Waals surface area contributed by atoms with Gasteiger partial charge in [-0.3, -0.25) is 9.59 Å². The van der Waals surface area contributed by atoms with Gasteiger partial charge in [0.1, 0.15) is 0 Å². The molecule has 1 aliphatic rings. The van der Waals surface area contributed by atoms with Crippen LogP contribution in [0.3, 0.4) is 0 Å². The molecule has 0 spiro atoms. The standard InChI is InChI=1S/C15H28N2O3/c1-2-11(6-7-14(18)19)8-9-17-15(20)12-4-3-5-13(16)10-12/h11-13H,2-10,16H2,1H3,(H,17,20)(H,18,19). The normalized spacial score (nSPS) is 24.1. The van der Waals surface area contributed by atoms with Crippen molar-refractivity contribution >= 4 is 11.9 Å². The van der Waals surface area contributed by atoms with Crippen molar-refractivity contribution in [3.63, 3.8) is 0 Å². The summed E-state index contributed by atoms with van der Waals surface area (Å²) in [6.45, 7) is 2.71. The quantitative estimate of drug-likeness (QED) is 0.634. The second kappa shape index (κ2) is 8.95. The summed E-state index contributed by atoms with van der Waals surface area (Å²) in [5.74, 6) is -0.185. The maximum Gasteiger partial charge on any atom is 0.303 e. The lowest BCUT2D eigenvalue weighted by molar-refractivity contribution is -0.137. The summed E-state index contributed by atoms with van der Waals surface area (Å²) in [4.78, 5) is 22.6. The van der Waals surface area contributed by atoms with Crippen LogP contribution >= 0.6 is 0 Å². The van der Waals surface area contributed by atoms with Gasteiger partial charge in [0.2, 0.25) is 5.91 Å². The average molecular weight is 284 g/mol. The van der Waals surface area contributed by atoms with Gasteiger partial charge in [-0.05, 0) is 38.0 Å². The Morgan fingerprint density at radius 2 is 2.10 bits per heavy atom. The van der Waals surface area contributed by atoms with Crippen molar-refractivity contribution in [3.8, 4) is 0 Å². The number of hydrogen-bond acceptors (Lipinski definition) is 3. The third-order valence-electron chi connectivity index (χ3n) is 4.28. The number of carbonyl (C=O) groups excluding carboxylic acids is 1. The van der Waals surface area contributed by atoms with Crippen molar-refractivity contribution in [1.82, 2.24) is 5.32 Å². The van der Waals surface area contributed by atoms with Gasteiger partial charge >= 0.3 is 5.97 Å². The van der Waals surface area contributed by atoms with E-state index in [9.17, 15) is 9.59 Å². The second-order valence-corrected chi connectivity index (χ2v) is 5.91. The van der Waals surface area contributed by atoms with E-state index >= 15 is 0 Å². The molecule has 0 saturated heterocycles. The molecule has 1 saturated carbocycles. The van der Waals surface area contributed by atoms with Crippen LogP contribution in [0.5, 0.6) is 0 Å². The van der Waals surface area contributed by atoms with Crippen molar-refractivity contribution in [1.29, 1.82) is 0 Å². The van der Waals surface area contributed by atoms with E-state index in [-0.39, 0.29) is 24.3 Å². The Hall–Kier alpha value is -1.10. The van der Waals surface area contributed by atoms with Crippen LogP contribution in [0.25, 0.3) is 0 Å². The number of rotatable bonds is 8. The molecule has 116 valence electrons. The SMILES string of the molecule is CCC(CCNC(=O)C1CCCC(N)C1)CCC(=O)O.